The van der Waals surface area contributed by atoms with Crippen LogP contribution in [0.2, 0.25) is 0 Å². The highest BCUT2D eigenvalue weighted by Gasteiger charge is 2.44. The van der Waals surface area contributed by atoms with Gasteiger partial charge in [-0.25, -0.2) is 4.98 Å². The van der Waals surface area contributed by atoms with Crippen molar-refractivity contribution in [1.29, 1.82) is 5.26 Å². The molecule has 0 bridgehead atoms. The summed E-state index contributed by atoms with van der Waals surface area (Å²) in [6.45, 7) is 2.07. The molecule has 0 radical (unpaired) electrons. The molecule has 2 aromatic carbocycles. The van der Waals surface area contributed by atoms with Crippen molar-refractivity contribution in [2.24, 2.45) is 0 Å². The highest BCUT2D eigenvalue weighted by molar-refractivity contribution is 7.11. The number of thiazole rings is 1. The fraction of sp³-hybridized carbons (Fsp3) is 0.190. The van der Waals surface area contributed by atoms with Gasteiger partial charge >= 0.3 is 0 Å². The molecule has 4 nitrogen and oxygen atoms in total. The molecule has 1 aliphatic carbocycles. The average Bonchev–Trinajstić information content (AvgIpc) is 3.27. The Kier molecular flexibility index (Phi) is 4.06. The number of nitriles is 1. The van der Waals surface area contributed by atoms with Gasteiger partial charge in [-0.15, -0.1) is 11.3 Å². The van der Waals surface area contributed by atoms with Gasteiger partial charge in [-0.2, -0.15) is 5.26 Å². The van der Waals surface area contributed by atoms with Crippen molar-refractivity contribution in [3.05, 3.63) is 87.4 Å². The molecule has 3 aromatic rings. The zero-order chi connectivity index (χ0) is 18.1. The van der Waals surface area contributed by atoms with Crippen molar-refractivity contribution in [2.45, 2.75) is 24.8 Å². The predicted octanol–water partition coefficient (Wildman–Crippen LogP) is 3.89. The van der Waals surface area contributed by atoms with Gasteiger partial charge in [0.1, 0.15) is 0 Å². The molecule has 1 aromatic heterocycles. The van der Waals surface area contributed by atoms with Crippen molar-refractivity contribution < 1.29 is 4.79 Å². The minimum absolute atomic E-state index is 0.0177. The fourth-order valence-electron chi connectivity index (χ4n) is 3.89. The molecule has 0 saturated heterocycles. The third-order valence-corrected chi connectivity index (χ3v) is 5.71. The Morgan fingerprint density at radius 2 is 2.12 bits per heavy atom. The standard InChI is InChI=1S/C21H17N3OS/c1-21(24-19(25)20-23-9-10-26-20)12-16-8-7-14(13-22)11-17(16)18(21)15-5-3-2-4-6-15/h2-11,18H,12H2,1H3,(H,24,25)/t18-,21+/m1/s1. The van der Waals surface area contributed by atoms with E-state index in [0.717, 1.165) is 11.1 Å². The molecule has 0 unspecified atom stereocenters. The Labute approximate surface area is 156 Å². The number of amides is 1. The van der Waals surface area contributed by atoms with Crippen LogP contribution in [0.15, 0.2) is 60.1 Å². The van der Waals surface area contributed by atoms with Gasteiger partial charge in [0, 0.05) is 17.5 Å². The van der Waals surface area contributed by atoms with Crippen LogP contribution in [0.4, 0.5) is 0 Å². The van der Waals surface area contributed by atoms with Crippen molar-refractivity contribution in [3.8, 4) is 6.07 Å². The lowest BCUT2D eigenvalue weighted by Crippen LogP contribution is -2.49. The van der Waals surface area contributed by atoms with Crippen molar-refractivity contribution in [2.75, 3.05) is 0 Å². The fourth-order valence-corrected chi connectivity index (χ4v) is 4.42. The van der Waals surface area contributed by atoms with E-state index in [1.54, 1.807) is 11.6 Å². The minimum Gasteiger partial charge on any atom is -0.344 e. The second kappa shape index (κ2) is 6.40. The van der Waals surface area contributed by atoms with Crippen LogP contribution >= 0.6 is 11.3 Å². The Hall–Kier alpha value is -2.97. The Balaban J connectivity index is 1.78. The number of nitrogens with one attached hydrogen (secondary N) is 1. The van der Waals surface area contributed by atoms with Crippen LogP contribution in [0.5, 0.6) is 0 Å². The molecule has 128 valence electrons. The number of hydrogen-bond acceptors (Lipinski definition) is 4. The molecule has 0 spiro atoms. The highest BCUT2D eigenvalue weighted by atomic mass is 32.1. The lowest BCUT2D eigenvalue weighted by atomic mass is 9.80. The van der Waals surface area contributed by atoms with E-state index in [4.69, 9.17) is 0 Å². The lowest BCUT2D eigenvalue weighted by Gasteiger charge is -2.33. The molecule has 0 saturated carbocycles. The summed E-state index contributed by atoms with van der Waals surface area (Å²) in [6.07, 6.45) is 2.35. The van der Waals surface area contributed by atoms with E-state index in [9.17, 15) is 10.1 Å². The molecule has 2 atom stereocenters. The number of carbonyl (C=O) groups excluding carboxylic acids is 1. The molecule has 26 heavy (non-hydrogen) atoms. The van der Waals surface area contributed by atoms with Crippen LogP contribution < -0.4 is 5.32 Å². The summed E-state index contributed by atoms with van der Waals surface area (Å²) in [7, 11) is 0. The van der Waals surface area contributed by atoms with Gasteiger partial charge in [0.2, 0.25) is 0 Å². The van der Waals surface area contributed by atoms with E-state index >= 15 is 0 Å². The average molecular weight is 359 g/mol. The van der Waals surface area contributed by atoms with E-state index in [1.807, 2.05) is 36.4 Å². The van der Waals surface area contributed by atoms with Crippen LogP contribution in [0, 0.1) is 11.3 Å². The minimum atomic E-state index is -0.486. The summed E-state index contributed by atoms with van der Waals surface area (Å²) in [4.78, 5) is 16.8. The summed E-state index contributed by atoms with van der Waals surface area (Å²) in [5, 5.41) is 14.8. The summed E-state index contributed by atoms with van der Waals surface area (Å²) in [5.41, 5.74) is 3.56. The molecule has 1 N–H and O–H groups in total. The molecule has 5 heteroatoms. The molecule has 4 rings (SSSR count). The molecule has 1 heterocycles. The third kappa shape index (κ3) is 2.79. The molecule has 1 aliphatic rings. The molecular weight excluding hydrogens is 342 g/mol. The summed E-state index contributed by atoms with van der Waals surface area (Å²) >= 11 is 1.33. The van der Waals surface area contributed by atoms with Crippen LogP contribution in [0.3, 0.4) is 0 Å². The topological polar surface area (TPSA) is 65.8 Å². The first-order valence-electron chi connectivity index (χ1n) is 8.40. The van der Waals surface area contributed by atoms with E-state index in [0.29, 0.717) is 17.0 Å². The SMILES string of the molecule is C[C@]1(NC(=O)c2nccs2)Cc2ccc(C#N)cc2[C@H]1c1ccccc1. The second-order valence-electron chi connectivity index (χ2n) is 6.75. The van der Waals surface area contributed by atoms with Crippen LogP contribution in [0.1, 0.15) is 44.9 Å². The second-order valence-corrected chi connectivity index (χ2v) is 7.65. The predicted molar refractivity (Wildman–Crippen MR) is 101 cm³/mol. The Morgan fingerprint density at radius 3 is 2.81 bits per heavy atom. The monoisotopic (exact) mass is 359 g/mol. The summed E-state index contributed by atoms with van der Waals surface area (Å²) < 4.78 is 0. The number of nitrogens with zero attached hydrogens (tertiary/aromatic N) is 2. The van der Waals surface area contributed by atoms with Crippen molar-refractivity contribution in [3.63, 3.8) is 0 Å². The number of aromatic nitrogens is 1. The summed E-state index contributed by atoms with van der Waals surface area (Å²) in [6, 6.07) is 18.2. The van der Waals surface area contributed by atoms with Gasteiger partial charge in [0.25, 0.3) is 5.91 Å². The zero-order valence-corrected chi connectivity index (χ0v) is 15.1. The first-order chi connectivity index (χ1) is 12.6. The van der Waals surface area contributed by atoms with Gasteiger partial charge in [-0.05, 0) is 42.2 Å². The molecular formula is C21H17N3OS. The van der Waals surface area contributed by atoms with Gasteiger partial charge < -0.3 is 5.32 Å². The summed E-state index contributed by atoms with van der Waals surface area (Å²) in [5.74, 6) is -0.173. The zero-order valence-electron chi connectivity index (χ0n) is 14.3. The maximum atomic E-state index is 12.7. The van der Waals surface area contributed by atoms with Crippen LogP contribution in [0.25, 0.3) is 0 Å². The van der Waals surface area contributed by atoms with Gasteiger partial charge in [-0.1, -0.05) is 36.4 Å². The van der Waals surface area contributed by atoms with Crippen molar-refractivity contribution in [1.82, 2.24) is 10.3 Å². The smallest absolute Gasteiger partial charge is 0.280 e. The van der Waals surface area contributed by atoms with Gasteiger partial charge in [0.15, 0.2) is 5.01 Å². The molecule has 1 amide bonds. The normalized spacial score (nSPS) is 21.0. The third-order valence-electron chi connectivity index (χ3n) is 4.94. The number of rotatable bonds is 3. The van der Waals surface area contributed by atoms with Crippen molar-refractivity contribution >= 4 is 17.2 Å². The quantitative estimate of drug-likeness (QED) is 0.771. The maximum Gasteiger partial charge on any atom is 0.280 e. The Morgan fingerprint density at radius 1 is 1.31 bits per heavy atom. The first-order valence-corrected chi connectivity index (χ1v) is 9.28. The van der Waals surface area contributed by atoms with Gasteiger partial charge in [0.05, 0.1) is 17.2 Å². The van der Waals surface area contributed by atoms with Gasteiger partial charge in [-0.3, -0.25) is 4.79 Å². The van der Waals surface area contributed by atoms with Crippen LogP contribution in [-0.4, -0.2) is 16.4 Å². The number of fused-ring (bicyclic) bond motifs is 1. The largest absolute Gasteiger partial charge is 0.344 e. The number of carbonyl (C=O) groups is 1. The van der Waals surface area contributed by atoms with E-state index in [-0.39, 0.29) is 11.8 Å². The maximum absolute atomic E-state index is 12.7. The molecule has 0 fully saturated rings. The first kappa shape index (κ1) is 16.5. The number of hydrogen-bond donors (Lipinski definition) is 1. The van der Waals surface area contributed by atoms with E-state index in [1.165, 1.54) is 16.9 Å². The molecule has 0 aliphatic heterocycles. The van der Waals surface area contributed by atoms with E-state index in [2.05, 4.69) is 35.4 Å². The Bertz CT molecular complexity index is 992. The highest BCUT2D eigenvalue weighted by Crippen LogP contribution is 2.45. The van der Waals surface area contributed by atoms with E-state index < -0.39 is 5.54 Å². The van der Waals surface area contributed by atoms with Crippen LogP contribution in [-0.2, 0) is 6.42 Å². The number of benzene rings is 2. The lowest BCUT2D eigenvalue weighted by molar-refractivity contribution is 0.0902.